The van der Waals surface area contributed by atoms with Crippen LogP contribution in [0.25, 0.3) is 22.3 Å². The lowest BCUT2D eigenvalue weighted by Crippen LogP contribution is -2.08. The Morgan fingerprint density at radius 3 is 2.05 bits per heavy atom. The summed E-state index contributed by atoms with van der Waals surface area (Å²) in [5.41, 5.74) is 3.10. The van der Waals surface area contributed by atoms with Gasteiger partial charge in [0.05, 0.1) is 26.0 Å². The molecule has 0 aliphatic carbocycles. The van der Waals surface area contributed by atoms with Crippen molar-refractivity contribution in [3.8, 4) is 51.0 Å². The second-order valence-electron chi connectivity index (χ2n) is 8.64. The molecule has 0 saturated carbocycles. The summed E-state index contributed by atoms with van der Waals surface area (Å²) in [6, 6.07) is 21.9. The van der Waals surface area contributed by atoms with Crippen LogP contribution in [0, 0.1) is 5.82 Å². The zero-order valence-electron chi connectivity index (χ0n) is 22.5. The minimum absolute atomic E-state index is 0.0164. The van der Waals surface area contributed by atoms with Crippen LogP contribution in [0.15, 0.2) is 78.9 Å². The number of halogens is 1. The van der Waals surface area contributed by atoms with E-state index in [4.69, 9.17) is 27.9 Å². The van der Waals surface area contributed by atoms with Crippen LogP contribution >= 0.6 is 0 Å². The average Bonchev–Trinajstić information content (AvgIpc) is 2.94. The Balaban J connectivity index is 1.88. The van der Waals surface area contributed by atoms with E-state index in [1.165, 1.54) is 39.5 Å². The number of benzene rings is 4. The van der Waals surface area contributed by atoms with Crippen molar-refractivity contribution in [1.29, 1.82) is 0 Å². The van der Waals surface area contributed by atoms with Gasteiger partial charge in [-0.2, -0.15) is 8.42 Å². The van der Waals surface area contributed by atoms with Crippen LogP contribution in [0.1, 0.15) is 5.56 Å². The summed E-state index contributed by atoms with van der Waals surface area (Å²) >= 11 is 0. The topological polar surface area (TPSA) is 89.5 Å². The van der Waals surface area contributed by atoms with E-state index in [2.05, 4.69) is 0 Å². The average molecular weight is 569 g/mol. The number of hydrogen-bond acceptors (Lipinski definition) is 8. The third-order valence-electron chi connectivity index (χ3n) is 5.81. The van der Waals surface area contributed by atoms with Crippen LogP contribution in [-0.4, -0.2) is 42.8 Å². The zero-order chi connectivity index (χ0) is 28.7. The molecular formula is C30H29FO8S. The molecule has 40 heavy (non-hydrogen) atoms. The molecule has 4 aromatic carbocycles. The summed E-state index contributed by atoms with van der Waals surface area (Å²) in [7, 11) is 0.552. The minimum atomic E-state index is -3.90. The van der Waals surface area contributed by atoms with E-state index in [-0.39, 0.29) is 36.5 Å². The molecule has 0 aromatic heterocycles. The van der Waals surface area contributed by atoms with E-state index in [0.29, 0.717) is 33.8 Å². The van der Waals surface area contributed by atoms with Crippen LogP contribution in [0.3, 0.4) is 0 Å². The van der Waals surface area contributed by atoms with Gasteiger partial charge in [-0.3, -0.25) is 0 Å². The highest BCUT2D eigenvalue weighted by atomic mass is 32.2. The number of hydrogen-bond donors (Lipinski definition) is 0. The molecule has 0 atom stereocenters. The molecule has 0 amide bonds. The lowest BCUT2D eigenvalue weighted by Gasteiger charge is -2.22. The molecule has 0 bridgehead atoms. The van der Waals surface area contributed by atoms with Crippen molar-refractivity contribution in [1.82, 2.24) is 0 Å². The van der Waals surface area contributed by atoms with Gasteiger partial charge in [-0.1, -0.05) is 48.5 Å². The first-order valence-electron chi connectivity index (χ1n) is 12.1. The van der Waals surface area contributed by atoms with E-state index >= 15 is 0 Å². The van der Waals surface area contributed by atoms with Crippen molar-refractivity contribution in [2.75, 3.05) is 34.4 Å². The highest BCUT2D eigenvalue weighted by Gasteiger charge is 2.25. The third-order valence-corrected chi connectivity index (χ3v) is 6.29. The fraction of sp³-hybridized carbons (Fsp3) is 0.200. The van der Waals surface area contributed by atoms with Gasteiger partial charge in [0.15, 0.2) is 29.8 Å². The monoisotopic (exact) mass is 568 g/mol. The summed E-state index contributed by atoms with van der Waals surface area (Å²) in [5.74, 6) is 0.828. The third kappa shape index (κ3) is 6.83. The van der Waals surface area contributed by atoms with Gasteiger partial charge in [0, 0.05) is 12.7 Å². The fourth-order valence-electron chi connectivity index (χ4n) is 4.10. The van der Waals surface area contributed by atoms with E-state index < -0.39 is 10.1 Å². The second kappa shape index (κ2) is 12.7. The standard InChI is InChI=1S/C30H29FO8S/c1-34-19-38-30-28(27(35-2)17-24(29(30)36-3)21-10-13-23(31)14-11-21)22-12-15-25(26(16-22)39-40(4,32)33)37-18-20-8-6-5-7-9-20/h5-17H,18-19H2,1-4H3. The van der Waals surface area contributed by atoms with Crippen molar-refractivity contribution in [2.24, 2.45) is 0 Å². The maximum absolute atomic E-state index is 13.6. The minimum Gasteiger partial charge on any atom is -0.496 e. The molecule has 0 spiro atoms. The Hall–Kier alpha value is -4.28. The maximum atomic E-state index is 13.6. The highest BCUT2D eigenvalue weighted by molar-refractivity contribution is 7.86. The van der Waals surface area contributed by atoms with Crippen LogP contribution in [0.2, 0.25) is 0 Å². The summed E-state index contributed by atoms with van der Waals surface area (Å²) in [6.07, 6.45) is 0.953. The van der Waals surface area contributed by atoms with Gasteiger partial charge in [-0.15, -0.1) is 0 Å². The first-order chi connectivity index (χ1) is 19.2. The Kier molecular flexibility index (Phi) is 9.13. The molecule has 4 rings (SSSR count). The summed E-state index contributed by atoms with van der Waals surface area (Å²) < 4.78 is 71.8. The molecule has 10 heteroatoms. The zero-order valence-corrected chi connectivity index (χ0v) is 23.3. The molecule has 0 fully saturated rings. The summed E-state index contributed by atoms with van der Waals surface area (Å²) in [5, 5.41) is 0. The Morgan fingerprint density at radius 1 is 0.725 bits per heavy atom. The quantitative estimate of drug-likeness (QED) is 0.150. The van der Waals surface area contributed by atoms with Crippen molar-refractivity contribution in [2.45, 2.75) is 6.61 Å². The number of rotatable bonds is 12. The maximum Gasteiger partial charge on any atom is 0.306 e. The molecule has 0 aliphatic heterocycles. The molecule has 0 saturated heterocycles. The van der Waals surface area contributed by atoms with Gasteiger partial charge in [0.1, 0.15) is 18.2 Å². The van der Waals surface area contributed by atoms with Crippen LogP contribution in [0.4, 0.5) is 4.39 Å². The Bertz CT molecular complexity index is 1560. The van der Waals surface area contributed by atoms with Crippen molar-refractivity contribution < 1.29 is 40.7 Å². The first-order valence-corrected chi connectivity index (χ1v) is 13.9. The van der Waals surface area contributed by atoms with Crippen LogP contribution in [-0.2, 0) is 21.5 Å². The molecule has 0 aliphatic rings. The first kappa shape index (κ1) is 28.7. The van der Waals surface area contributed by atoms with Crippen molar-refractivity contribution in [3.63, 3.8) is 0 Å². The predicted octanol–water partition coefficient (Wildman–Crippen LogP) is 6.08. The normalized spacial score (nSPS) is 11.1. The van der Waals surface area contributed by atoms with Gasteiger partial charge < -0.3 is 27.9 Å². The molecule has 8 nitrogen and oxygen atoms in total. The van der Waals surface area contributed by atoms with E-state index in [9.17, 15) is 12.8 Å². The molecule has 0 N–H and O–H groups in total. The van der Waals surface area contributed by atoms with Crippen LogP contribution in [0.5, 0.6) is 28.7 Å². The van der Waals surface area contributed by atoms with Gasteiger partial charge >= 0.3 is 10.1 Å². The highest BCUT2D eigenvalue weighted by Crippen LogP contribution is 2.51. The van der Waals surface area contributed by atoms with Gasteiger partial charge in [0.2, 0.25) is 0 Å². The van der Waals surface area contributed by atoms with Crippen LogP contribution < -0.4 is 23.1 Å². The molecule has 0 unspecified atom stereocenters. The van der Waals surface area contributed by atoms with Crippen molar-refractivity contribution in [3.05, 3.63) is 90.2 Å². The van der Waals surface area contributed by atoms with E-state index in [0.717, 1.165) is 11.8 Å². The van der Waals surface area contributed by atoms with Gasteiger partial charge in [0.25, 0.3) is 0 Å². The Morgan fingerprint density at radius 2 is 1.43 bits per heavy atom. The Labute approximate surface area is 232 Å². The largest absolute Gasteiger partial charge is 0.496 e. The lowest BCUT2D eigenvalue weighted by atomic mass is 9.96. The summed E-state index contributed by atoms with van der Waals surface area (Å²) in [4.78, 5) is 0. The SMILES string of the molecule is COCOc1c(OC)c(-c2ccc(F)cc2)cc(OC)c1-c1ccc(OCc2ccccc2)c(OS(C)(=O)=O)c1. The predicted molar refractivity (Wildman–Crippen MR) is 149 cm³/mol. The molecule has 210 valence electrons. The molecular weight excluding hydrogens is 539 g/mol. The van der Waals surface area contributed by atoms with E-state index in [1.807, 2.05) is 30.3 Å². The second-order valence-corrected chi connectivity index (χ2v) is 10.2. The smallest absolute Gasteiger partial charge is 0.306 e. The van der Waals surface area contributed by atoms with Crippen molar-refractivity contribution >= 4 is 10.1 Å². The molecule has 0 radical (unpaired) electrons. The van der Waals surface area contributed by atoms with E-state index in [1.54, 1.807) is 30.3 Å². The number of methoxy groups -OCH3 is 3. The van der Waals surface area contributed by atoms with Gasteiger partial charge in [-0.25, -0.2) is 4.39 Å². The number of ether oxygens (including phenoxy) is 5. The molecule has 4 aromatic rings. The fourth-order valence-corrected chi connectivity index (χ4v) is 4.56. The van der Waals surface area contributed by atoms with Gasteiger partial charge in [-0.05, 0) is 47.0 Å². The lowest BCUT2D eigenvalue weighted by molar-refractivity contribution is 0.0495. The summed E-state index contributed by atoms with van der Waals surface area (Å²) in [6.45, 7) is 0.0797. The molecule has 0 heterocycles.